The third kappa shape index (κ3) is 4.08. The zero-order valence-corrected chi connectivity index (χ0v) is 15.6. The third-order valence-corrected chi connectivity index (χ3v) is 4.20. The molecule has 1 heterocycles. The number of alkyl halides is 3. The zero-order valence-electron chi connectivity index (χ0n) is 15.6. The molecule has 1 amide bonds. The standard InChI is InChI=1S/C21H19F3N2O2/c1-12(2)26-20(27)15-8-14-9-17(28-3)10-18(19(14)25-11-15)13-4-6-16(7-5-13)21(22,23)24/h4-12H,1-3H3,(H,26,27). The van der Waals surface area contributed by atoms with E-state index in [4.69, 9.17) is 4.74 Å². The first-order chi connectivity index (χ1) is 13.2. The molecule has 1 N–H and O–H groups in total. The van der Waals surface area contributed by atoms with Gasteiger partial charge in [0, 0.05) is 23.2 Å². The molecule has 2 aromatic carbocycles. The van der Waals surface area contributed by atoms with Gasteiger partial charge in [-0.25, -0.2) is 0 Å². The summed E-state index contributed by atoms with van der Waals surface area (Å²) in [5, 5.41) is 3.46. The first-order valence-electron chi connectivity index (χ1n) is 8.65. The second kappa shape index (κ2) is 7.50. The number of hydrogen-bond donors (Lipinski definition) is 1. The number of carbonyl (C=O) groups is 1. The van der Waals surface area contributed by atoms with Crippen molar-refractivity contribution in [2.24, 2.45) is 0 Å². The number of amides is 1. The largest absolute Gasteiger partial charge is 0.497 e. The number of methoxy groups -OCH3 is 1. The predicted octanol–water partition coefficient (Wildman–Crippen LogP) is 5.07. The van der Waals surface area contributed by atoms with Gasteiger partial charge in [-0.1, -0.05) is 12.1 Å². The normalized spacial score (nSPS) is 11.7. The second-order valence-corrected chi connectivity index (χ2v) is 6.67. The zero-order chi connectivity index (χ0) is 20.5. The number of fused-ring (bicyclic) bond motifs is 1. The smallest absolute Gasteiger partial charge is 0.416 e. The summed E-state index contributed by atoms with van der Waals surface area (Å²) in [6.45, 7) is 3.72. The van der Waals surface area contributed by atoms with Crippen molar-refractivity contribution in [3.05, 3.63) is 59.8 Å². The Labute approximate surface area is 160 Å². The van der Waals surface area contributed by atoms with Crippen molar-refractivity contribution < 1.29 is 22.7 Å². The van der Waals surface area contributed by atoms with E-state index < -0.39 is 11.7 Å². The van der Waals surface area contributed by atoms with Crippen molar-refractivity contribution in [3.63, 3.8) is 0 Å². The number of hydrogen-bond acceptors (Lipinski definition) is 3. The van der Waals surface area contributed by atoms with Crippen molar-refractivity contribution in [3.8, 4) is 16.9 Å². The number of aromatic nitrogens is 1. The van der Waals surface area contributed by atoms with Crippen molar-refractivity contribution in [1.29, 1.82) is 0 Å². The van der Waals surface area contributed by atoms with Gasteiger partial charge in [0.05, 0.1) is 23.8 Å². The lowest BCUT2D eigenvalue weighted by molar-refractivity contribution is -0.137. The van der Waals surface area contributed by atoms with Crippen LogP contribution in [0.3, 0.4) is 0 Å². The van der Waals surface area contributed by atoms with Crippen LogP contribution in [0.4, 0.5) is 13.2 Å². The van der Waals surface area contributed by atoms with Gasteiger partial charge in [-0.05, 0) is 49.7 Å². The van der Waals surface area contributed by atoms with Crippen LogP contribution in [0.25, 0.3) is 22.0 Å². The molecule has 0 aliphatic rings. The highest BCUT2D eigenvalue weighted by molar-refractivity contribution is 6.01. The van der Waals surface area contributed by atoms with E-state index in [1.165, 1.54) is 25.4 Å². The molecule has 0 spiro atoms. The van der Waals surface area contributed by atoms with Gasteiger partial charge in [0.15, 0.2) is 0 Å². The molecular formula is C21H19F3N2O2. The number of benzene rings is 2. The van der Waals surface area contributed by atoms with E-state index in [-0.39, 0.29) is 11.9 Å². The van der Waals surface area contributed by atoms with Crippen molar-refractivity contribution in [2.45, 2.75) is 26.1 Å². The van der Waals surface area contributed by atoms with Crippen LogP contribution in [0.5, 0.6) is 5.75 Å². The average molecular weight is 388 g/mol. The molecule has 28 heavy (non-hydrogen) atoms. The summed E-state index contributed by atoms with van der Waals surface area (Å²) in [4.78, 5) is 16.6. The van der Waals surface area contributed by atoms with Gasteiger partial charge >= 0.3 is 6.18 Å². The van der Waals surface area contributed by atoms with Gasteiger partial charge in [0.25, 0.3) is 5.91 Å². The van der Waals surface area contributed by atoms with E-state index in [0.29, 0.717) is 33.3 Å². The van der Waals surface area contributed by atoms with Gasteiger partial charge in [-0.2, -0.15) is 13.2 Å². The summed E-state index contributed by atoms with van der Waals surface area (Å²) >= 11 is 0. The minimum atomic E-state index is -4.40. The lowest BCUT2D eigenvalue weighted by Crippen LogP contribution is -2.30. The maximum Gasteiger partial charge on any atom is 0.416 e. The van der Waals surface area contributed by atoms with Gasteiger partial charge in [0.1, 0.15) is 5.75 Å². The van der Waals surface area contributed by atoms with Crippen LogP contribution in [0, 0.1) is 0 Å². The molecule has 7 heteroatoms. The number of nitrogens with one attached hydrogen (secondary N) is 1. The second-order valence-electron chi connectivity index (χ2n) is 6.67. The number of rotatable bonds is 4. The highest BCUT2D eigenvalue weighted by Crippen LogP contribution is 2.35. The summed E-state index contributed by atoms with van der Waals surface area (Å²) in [6.07, 6.45) is -2.94. The molecule has 3 aromatic rings. The molecule has 0 unspecified atom stereocenters. The topological polar surface area (TPSA) is 51.2 Å². The summed E-state index contributed by atoms with van der Waals surface area (Å²) in [5.74, 6) is 0.272. The molecule has 0 aliphatic heterocycles. The molecule has 0 atom stereocenters. The monoisotopic (exact) mass is 388 g/mol. The fraction of sp³-hybridized carbons (Fsp3) is 0.238. The lowest BCUT2D eigenvalue weighted by atomic mass is 9.99. The van der Waals surface area contributed by atoms with Crippen LogP contribution < -0.4 is 10.1 Å². The number of ether oxygens (including phenoxy) is 1. The van der Waals surface area contributed by atoms with E-state index in [0.717, 1.165) is 12.1 Å². The molecule has 0 aliphatic carbocycles. The quantitative estimate of drug-likeness (QED) is 0.679. The fourth-order valence-corrected chi connectivity index (χ4v) is 2.87. The van der Waals surface area contributed by atoms with E-state index in [2.05, 4.69) is 10.3 Å². The number of pyridine rings is 1. The van der Waals surface area contributed by atoms with E-state index >= 15 is 0 Å². The summed E-state index contributed by atoms with van der Waals surface area (Å²) in [7, 11) is 1.50. The number of nitrogens with zero attached hydrogens (tertiary/aromatic N) is 1. The minimum Gasteiger partial charge on any atom is -0.497 e. The van der Waals surface area contributed by atoms with Gasteiger partial charge in [-0.15, -0.1) is 0 Å². The Morgan fingerprint density at radius 1 is 1.11 bits per heavy atom. The lowest BCUT2D eigenvalue weighted by Gasteiger charge is -2.13. The SMILES string of the molecule is COc1cc(-c2ccc(C(F)(F)F)cc2)c2ncc(C(=O)NC(C)C)cc2c1. The maximum absolute atomic E-state index is 12.8. The van der Waals surface area contributed by atoms with Crippen LogP contribution >= 0.6 is 0 Å². The summed E-state index contributed by atoms with van der Waals surface area (Å²) < 4.78 is 43.8. The molecule has 0 saturated carbocycles. The molecule has 0 bridgehead atoms. The Kier molecular flexibility index (Phi) is 5.27. The Bertz CT molecular complexity index is 1010. The number of halogens is 3. The molecule has 1 aromatic heterocycles. The Morgan fingerprint density at radius 3 is 2.36 bits per heavy atom. The third-order valence-electron chi connectivity index (χ3n) is 4.20. The Hall–Kier alpha value is -3.09. The fourth-order valence-electron chi connectivity index (χ4n) is 2.87. The van der Waals surface area contributed by atoms with Crippen molar-refractivity contribution >= 4 is 16.8 Å². The Morgan fingerprint density at radius 2 is 1.79 bits per heavy atom. The molecule has 0 saturated heterocycles. The molecule has 4 nitrogen and oxygen atoms in total. The molecule has 146 valence electrons. The summed E-state index contributed by atoms with van der Waals surface area (Å²) in [5.41, 5.74) is 1.45. The van der Waals surface area contributed by atoms with Gasteiger partial charge in [-0.3, -0.25) is 9.78 Å². The van der Waals surface area contributed by atoms with E-state index in [1.54, 1.807) is 18.2 Å². The molecule has 0 fully saturated rings. The van der Waals surface area contributed by atoms with Crippen molar-refractivity contribution in [2.75, 3.05) is 7.11 Å². The van der Waals surface area contributed by atoms with Gasteiger partial charge < -0.3 is 10.1 Å². The average Bonchev–Trinajstić information content (AvgIpc) is 2.65. The van der Waals surface area contributed by atoms with Crippen LogP contribution in [-0.2, 0) is 6.18 Å². The predicted molar refractivity (Wildman–Crippen MR) is 101 cm³/mol. The van der Waals surface area contributed by atoms with E-state index in [9.17, 15) is 18.0 Å². The highest BCUT2D eigenvalue weighted by atomic mass is 19.4. The van der Waals surface area contributed by atoms with Crippen LogP contribution in [0.15, 0.2) is 48.7 Å². The van der Waals surface area contributed by atoms with Crippen LogP contribution in [-0.4, -0.2) is 24.0 Å². The van der Waals surface area contributed by atoms with Crippen LogP contribution in [0.2, 0.25) is 0 Å². The van der Waals surface area contributed by atoms with Crippen LogP contribution in [0.1, 0.15) is 29.8 Å². The Balaban J connectivity index is 2.10. The molecular weight excluding hydrogens is 369 g/mol. The molecule has 3 rings (SSSR count). The minimum absolute atomic E-state index is 0.0174. The summed E-state index contributed by atoms with van der Waals surface area (Å²) in [6, 6.07) is 9.99. The first kappa shape index (κ1) is 19.7. The van der Waals surface area contributed by atoms with Gasteiger partial charge in [0.2, 0.25) is 0 Å². The van der Waals surface area contributed by atoms with Crippen molar-refractivity contribution in [1.82, 2.24) is 10.3 Å². The van der Waals surface area contributed by atoms with E-state index in [1.807, 2.05) is 13.8 Å². The number of carbonyl (C=O) groups excluding carboxylic acids is 1. The maximum atomic E-state index is 12.8. The molecule has 0 radical (unpaired) electrons. The first-order valence-corrected chi connectivity index (χ1v) is 8.65. The highest BCUT2D eigenvalue weighted by Gasteiger charge is 2.30.